The summed E-state index contributed by atoms with van der Waals surface area (Å²) in [6, 6.07) is 7.42. The summed E-state index contributed by atoms with van der Waals surface area (Å²) in [7, 11) is -0.914. The summed E-state index contributed by atoms with van der Waals surface area (Å²) in [5.41, 5.74) is 1.30. The van der Waals surface area contributed by atoms with Gasteiger partial charge in [-0.1, -0.05) is 6.07 Å². The fourth-order valence-electron chi connectivity index (χ4n) is 2.40. The van der Waals surface area contributed by atoms with E-state index in [0.717, 1.165) is 0 Å². The van der Waals surface area contributed by atoms with Gasteiger partial charge in [0.2, 0.25) is 0 Å². The summed E-state index contributed by atoms with van der Waals surface area (Å²) in [6.07, 6.45) is 0. The molecule has 0 amide bonds. The molecule has 0 saturated carbocycles. The highest BCUT2D eigenvalue weighted by Crippen LogP contribution is 2.40. The van der Waals surface area contributed by atoms with E-state index in [1.165, 1.54) is 26.4 Å². The van der Waals surface area contributed by atoms with Crippen LogP contribution in [0.1, 0.15) is 5.56 Å². The lowest BCUT2D eigenvalue weighted by Gasteiger charge is -2.21. The van der Waals surface area contributed by atoms with Crippen LogP contribution in [0.3, 0.4) is 0 Å². The third-order valence-corrected chi connectivity index (χ3v) is 4.34. The molecule has 1 N–H and O–H groups in total. The van der Waals surface area contributed by atoms with Crippen molar-refractivity contribution in [2.75, 3.05) is 14.2 Å². The molecule has 0 aliphatic carbocycles. The molecular weight excluding hydrogens is 325 g/mol. The van der Waals surface area contributed by atoms with Crippen LogP contribution in [0.25, 0.3) is 11.1 Å². The Morgan fingerprint density at radius 2 is 1.87 bits per heavy atom. The Bertz CT molecular complexity index is 866. The summed E-state index contributed by atoms with van der Waals surface area (Å²) in [5.74, 6) is 0.576. The Hall–Kier alpha value is -2.32. The molecule has 1 heterocycles. The van der Waals surface area contributed by atoms with Gasteiger partial charge in [-0.05, 0) is 29.8 Å². The van der Waals surface area contributed by atoms with Crippen molar-refractivity contribution >= 4 is 10.3 Å². The second-order valence-corrected chi connectivity index (χ2v) is 6.23. The lowest BCUT2D eigenvalue weighted by molar-refractivity contribution is 0.355. The van der Waals surface area contributed by atoms with Crippen LogP contribution in [0.15, 0.2) is 30.3 Å². The van der Waals surface area contributed by atoms with Crippen molar-refractivity contribution in [2.45, 2.75) is 6.54 Å². The third-order valence-electron chi connectivity index (χ3n) is 3.46. The number of hydrogen-bond donors (Lipinski definition) is 1. The van der Waals surface area contributed by atoms with Crippen LogP contribution in [-0.4, -0.2) is 22.6 Å². The van der Waals surface area contributed by atoms with Crippen molar-refractivity contribution < 1.29 is 26.5 Å². The number of ether oxygens (including phenoxy) is 2. The van der Waals surface area contributed by atoms with Crippen molar-refractivity contribution in [3.05, 3.63) is 41.7 Å². The lowest BCUT2D eigenvalue weighted by Crippen LogP contribution is -2.32. The second-order valence-electron chi connectivity index (χ2n) is 4.87. The van der Waals surface area contributed by atoms with Gasteiger partial charge in [0, 0.05) is 17.7 Å². The molecule has 0 atom stereocenters. The van der Waals surface area contributed by atoms with Crippen LogP contribution >= 0.6 is 0 Å². The molecule has 1 aliphatic heterocycles. The van der Waals surface area contributed by atoms with Crippen LogP contribution in [-0.2, 0) is 16.8 Å². The minimum Gasteiger partial charge on any atom is -0.493 e. The van der Waals surface area contributed by atoms with E-state index < -0.39 is 16.1 Å². The number of fused-ring (bicyclic) bond motifs is 1. The molecule has 122 valence electrons. The second kappa shape index (κ2) is 5.71. The quantitative estimate of drug-likeness (QED) is 0.928. The van der Waals surface area contributed by atoms with Gasteiger partial charge >= 0.3 is 10.3 Å². The summed E-state index contributed by atoms with van der Waals surface area (Å²) >= 11 is 0. The normalized spacial score (nSPS) is 15.4. The van der Waals surface area contributed by atoms with Gasteiger partial charge in [0.15, 0.2) is 17.2 Å². The SMILES string of the molecule is COc1ccc(-c2cc(F)cc3c2OS(=O)(=O)NC3)cc1OC. The van der Waals surface area contributed by atoms with Crippen molar-refractivity contribution in [3.63, 3.8) is 0 Å². The van der Waals surface area contributed by atoms with Crippen molar-refractivity contribution in [1.29, 1.82) is 0 Å². The Balaban J connectivity index is 2.19. The molecule has 0 saturated heterocycles. The molecular formula is C15H14FNO5S. The van der Waals surface area contributed by atoms with E-state index in [-0.39, 0.29) is 12.3 Å². The average Bonchev–Trinajstić information content (AvgIpc) is 2.53. The van der Waals surface area contributed by atoms with Gasteiger partial charge in [0.1, 0.15) is 5.82 Å². The average molecular weight is 339 g/mol. The standard InChI is InChI=1S/C15H14FNO5S/c1-20-13-4-3-9(6-14(13)21-2)12-7-11(16)5-10-8-17-23(18,19)22-15(10)12/h3-7,17H,8H2,1-2H3. The Morgan fingerprint density at radius 3 is 2.57 bits per heavy atom. The zero-order chi connectivity index (χ0) is 16.6. The minimum atomic E-state index is -3.90. The summed E-state index contributed by atoms with van der Waals surface area (Å²) < 4.78 is 54.7. The Morgan fingerprint density at radius 1 is 1.13 bits per heavy atom. The van der Waals surface area contributed by atoms with Gasteiger partial charge in [0.25, 0.3) is 0 Å². The number of rotatable bonds is 3. The van der Waals surface area contributed by atoms with Crippen LogP contribution in [0, 0.1) is 5.82 Å². The highest BCUT2D eigenvalue weighted by molar-refractivity contribution is 7.85. The number of benzene rings is 2. The molecule has 0 aromatic heterocycles. The summed E-state index contributed by atoms with van der Waals surface area (Å²) in [5, 5.41) is 0. The van der Waals surface area contributed by atoms with E-state index in [9.17, 15) is 12.8 Å². The maximum Gasteiger partial charge on any atom is 0.382 e. The molecule has 0 fully saturated rings. The van der Waals surface area contributed by atoms with Crippen LogP contribution in [0.2, 0.25) is 0 Å². The predicted octanol–water partition coefficient (Wildman–Crippen LogP) is 2.24. The van der Waals surface area contributed by atoms with Gasteiger partial charge < -0.3 is 13.7 Å². The zero-order valence-corrected chi connectivity index (χ0v) is 13.2. The number of hydrogen-bond acceptors (Lipinski definition) is 5. The van der Waals surface area contributed by atoms with E-state index in [4.69, 9.17) is 13.7 Å². The molecule has 2 aromatic rings. The molecule has 0 spiro atoms. The van der Waals surface area contributed by atoms with Crippen molar-refractivity contribution in [2.24, 2.45) is 0 Å². The fraction of sp³-hybridized carbons (Fsp3) is 0.200. The smallest absolute Gasteiger partial charge is 0.382 e. The number of methoxy groups -OCH3 is 2. The monoisotopic (exact) mass is 339 g/mol. The maximum absolute atomic E-state index is 13.9. The lowest BCUT2D eigenvalue weighted by atomic mass is 10.0. The van der Waals surface area contributed by atoms with Gasteiger partial charge in [-0.3, -0.25) is 0 Å². The molecule has 1 aliphatic rings. The van der Waals surface area contributed by atoms with Crippen molar-refractivity contribution in [3.8, 4) is 28.4 Å². The first-order chi connectivity index (χ1) is 10.9. The maximum atomic E-state index is 13.9. The topological polar surface area (TPSA) is 73.9 Å². The van der Waals surface area contributed by atoms with Crippen LogP contribution in [0.5, 0.6) is 17.2 Å². The predicted molar refractivity (Wildman–Crippen MR) is 81.3 cm³/mol. The number of halogens is 1. The van der Waals surface area contributed by atoms with Gasteiger partial charge in [-0.25, -0.2) is 4.39 Å². The van der Waals surface area contributed by atoms with Crippen molar-refractivity contribution in [1.82, 2.24) is 4.72 Å². The molecule has 0 radical (unpaired) electrons. The molecule has 3 rings (SSSR count). The molecule has 6 nitrogen and oxygen atoms in total. The molecule has 23 heavy (non-hydrogen) atoms. The fourth-order valence-corrected chi connectivity index (χ4v) is 3.21. The van der Waals surface area contributed by atoms with E-state index in [0.29, 0.717) is 28.2 Å². The molecule has 0 bridgehead atoms. The van der Waals surface area contributed by atoms with E-state index in [1.54, 1.807) is 18.2 Å². The van der Waals surface area contributed by atoms with E-state index in [2.05, 4.69) is 4.72 Å². The highest BCUT2D eigenvalue weighted by Gasteiger charge is 2.26. The van der Waals surface area contributed by atoms with Gasteiger partial charge in [-0.15, -0.1) is 0 Å². The Labute approximate surface area is 133 Å². The summed E-state index contributed by atoms with van der Waals surface area (Å²) in [4.78, 5) is 0. The molecule has 8 heteroatoms. The zero-order valence-electron chi connectivity index (χ0n) is 12.4. The molecule has 0 unspecified atom stereocenters. The van der Waals surface area contributed by atoms with Crippen LogP contribution in [0.4, 0.5) is 4.39 Å². The molecule has 2 aromatic carbocycles. The third kappa shape index (κ3) is 2.95. The highest BCUT2D eigenvalue weighted by atomic mass is 32.2. The van der Waals surface area contributed by atoms with Gasteiger partial charge in [-0.2, -0.15) is 13.1 Å². The van der Waals surface area contributed by atoms with Gasteiger partial charge in [0.05, 0.1) is 14.2 Å². The van der Waals surface area contributed by atoms with Crippen LogP contribution < -0.4 is 18.4 Å². The Kier molecular flexibility index (Phi) is 3.87. The van der Waals surface area contributed by atoms with E-state index in [1.807, 2.05) is 0 Å². The van der Waals surface area contributed by atoms with E-state index >= 15 is 0 Å². The first-order valence-corrected chi connectivity index (χ1v) is 8.08. The first kappa shape index (κ1) is 15.6. The number of nitrogens with one attached hydrogen (secondary N) is 1. The first-order valence-electron chi connectivity index (χ1n) is 6.67. The minimum absolute atomic E-state index is 0.0320. The largest absolute Gasteiger partial charge is 0.493 e. The summed E-state index contributed by atoms with van der Waals surface area (Å²) in [6.45, 7) is -0.0320.